The maximum Gasteiger partial charge on any atom is 0.131 e. The molecule has 0 spiro atoms. The lowest BCUT2D eigenvalue weighted by atomic mass is 9.96. The van der Waals surface area contributed by atoms with Crippen molar-refractivity contribution >= 4 is 0 Å². The molecule has 1 unspecified atom stereocenters. The van der Waals surface area contributed by atoms with Crippen molar-refractivity contribution in [2.24, 2.45) is 5.73 Å². The van der Waals surface area contributed by atoms with E-state index in [1.54, 1.807) is 31.2 Å². The SMILES string of the molecule is Cc1c(F)cccc1-c1cc(C(C)N)ccc1F. The molecule has 18 heavy (non-hydrogen) atoms. The molecular formula is C15H15F2N. The summed E-state index contributed by atoms with van der Waals surface area (Å²) in [5.74, 6) is -0.703. The number of hydrogen-bond donors (Lipinski definition) is 1. The van der Waals surface area contributed by atoms with Crippen LogP contribution in [0.5, 0.6) is 0 Å². The summed E-state index contributed by atoms with van der Waals surface area (Å²) in [5.41, 5.74) is 8.01. The van der Waals surface area contributed by atoms with Gasteiger partial charge in [0.2, 0.25) is 0 Å². The van der Waals surface area contributed by atoms with E-state index in [4.69, 9.17) is 5.73 Å². The topological polar surface area (TPSA) is 26.0 Å². The molecule has 2 rings (SSSR count). The highest BCUT2D eigenvalue weighted by atomic mass is 19.1. The Balaban J connectivity index is 2.63. The molecule has 0 aliphatic heterocycles. The number of nitrogens with two attached hydrogens (primary N) is 1. The second kappa shape index (κ2) is 4.86. The molecule has 0 bridgehead atoms. The summed E-state index contributed by atoms with van der Waals surface area (Å²) in [6.45, 7) is 3.47. The molecule has 0 saturated heterocycles. The highest BCUT2D eigenvalue weighted by Gasteiger charge is 2.12. The van der Waals surface area contributed by atoms with Gasteiger partial charge in [-0.2, -0.15) is 0 Å². The molecule has 0 amide bonds. The van der Waals surface area contributed by atoms with E-state index < -0.39 is 0 Å². The summed E-state index contributed by atoms with van der Waals surface area (Å²) in [4.78, 5) is 0. The Morgan fingerprint density at radius 3 is 2.39 bits per heavy atom. The summed E-state index contributed by atoms with van der Waals surface area (Å²) in [5, 5.41) is 0. The molecule has 0 radical (unpaired) electrons. The van der Waals surface area contributed by atoms with E-state index in [0.29, 0.717) is 16.7 Å². The molecule has 1 atom stereocenters. The van der Waals surface area contributed by atoms with Crippen molar-refractivity contribution in [1.82, 2.24) is 0 Å². The predicted octanol–water partition coefficient (Wildman–Crippen LogP) is 3.96. The van der Waals surface area contributed by atoms with Crippen molar-refractivity contribution < 1.29 is 8.78 Å². The zero-order chi connectivity index (χ0) is 13.3. The van der Waals surface area contributed by atoms with Gasteiger partial charge in [0.1, 0.15) is 11.6 Å². The van der Waals surface area contributed by atoms with E-state index in [-0.39, 0.29) is 17.7 Å². The second-order valence-electron chi connectivity index (χ2n) is 4.44. The predicted molar refractivity (Wildman–Crippen MR) is 69.1 cm³/mol. The molecule has 0 aromatic heterocycles. The highest BCUT2D eigenvalue weighted by Crippen LogP contribution is 2.29. The fourth-order valence-electron chi connectivity index (χ4n) is 1.93. The minimum Gasteiger partial charge on any atom is -0.324 e. The molecule has 0 fully saturated rings. The van der Waals surface area contributed by atoms with Gasteiger partial charge in [0.25, 0.3) is 0 Å². The van der Waals surface area contributed by atoms with Gasteiger partial charge in [-0.1, -0.05) is 18.2 Å². The smallest absolute Gasteiger partial charge is 0.131 e. The van der Waals surface area contributed by atoms with Crippen LogP contribution >= 0.6 is 0 Å². The normalized spacial score (nSPS) is 12.5. The van der Waals surface area contributed by atoms with E-state index in [1.807, 2.05) is 6.92 Å². The van der Waals surface area contributed by atoms with Gasteiger partial charge in [-0.15, -0.1) is 0 Å². The van der Waals surface area contributed by atoms with Crippen LogP contribution < -0.4 is 5.73 Å². The van der Waals surface area contributed by atoms with Crippen molar-refractivity contribution in [1.29, 1.82) is 0 Å². The molecule has 0 aliphatic carbocycles. The standard InChI is InChI=1S/C15H15F2N/c1-9-12(4-3-5-14(9)16)13-8-11(10(2)18)6-7-15(13)17/h3-8,10H,18H2,1-2H3. The van der Waals surface area contributed by atoms with Gasteiger partial charge < -0.3 is 5.73 Å². The molecule has 0 aliphatic rings. The molecule has 2 N–H and O–H groups in total. The third-order valence-electron chi connectivity index (χ3n) is 3.07. The number of benzene rings is 2. The molecule has 1 nitrogen and oxygen atoms in total. The lowest BCUT2D eigenvalue weighted by Gasteiger charge is -2.12. The Labute approximate surface area is 105 Å². The van der Waals surface area contributed by atoms with Crippen LogP contribution in [-0.2, 0) is 0 Å². The summed E-state index contributed by atoms with van der Waals surface area (Å²) < 4.78 is 27.4. The molecule has 0 saturated carbocycles. The van der Waals surface area contributed by atoms with Crippen LogP contribution in [0.3, 0.4) is 0 Å². The Morgan fingerprint density at radius 2 is 1.72 bits per heavy atom. The van der Waals surface area contributed by atoms with Crippen molar-refractivity contribution in [3.8, 4) is 11.1 Å². The van der Waals surface area contributed by atoms with Gasteiger partial charge in [-0.25, -0.2) is 8.78 Å². The van der Waals surface area contributed by atoms with Crippen molar-refractivity contribution in [2.75, 3.05) is 0 Å². The molecule has 94 valence electrons. The minimum atomic E-state index is -0.367. The fraction of sp³-hybridized carbons (Fsp3) is 0.200. The average molecular weight is 247 g/mol. The second-order valence-corrected chi connectivity index (χ2v) is 4.44. The maximum atomic E-state index is 13.9. The molecular weight excluding hydrogens is 232 g/mol. The molecule has 3 heteroatoms. The quantitative estimate of drug-likeness (QED) is 0.854. The van der Waals surface area contributed by atoms with Crippen LogP contribution in [0.15, 0.2) is 36.4 Å². The first-order valence-corrected chi connectivity index (χ1v) is 5.81. The van der Waals surface area contributed by atoms with Crippen LogP contribution in [-0.4, -0.2) is 0 Å². The van der Waals surface area contributed by atoms with Crippen LogP contribution in [0.25, 0.3) is 11.1 Å². The Hall–Kier alpha value is -1.74. The van der Waals surface area contributed by atoms with E-state index in [1.165, 1.54) is 12.1 Å². The van der Waals surface area contributed by atoms with Gasteiger partial charge in [-0.3, -0.25) is 0 Å². The van der Waals surface area contributed by atoms with E-state index in [9.17, 15) is 8.78 Å². The monoisotopic (exact) mass is 247 g/mol. The Morgan fingerprint density at radius 1 is 1.00 bits per heavy atom. The fourth-order valence-corrected chi connectivity index (χ4v) is 1.93. The minimum absolute atomic E-state index is 0.182. The van der Waals surface area contributed by atoms with E-state index in [2.05, 4.69) is 0 Å². The summed E-state index contributed by atoms with van der Waals surface area (Å²) in [7, 11) is 0. The summed E-state index contributed by atoms with van der Waals surface area (Å²) in [6.07, 6.45) is 0. The van der Waals surface area contributed by atoms with Gasteiger partial charge in [0.05, 0.1) is 0 Å². The van der Waals surface area contributed by atoms with Gasteiger partial charge >= 0.3 is 0 Å². The van der Waals surface area contributed by atoms with Crippen molar-refractivity contribution in [2.45, 2.75) is 19.9 Å². The first-order chi connectivity index (χ1) is 8.50. The lowest BCUT2D eigenvalue weighted by Crippen LogP contribution is -2.05. The summed E-state index contributed by atoms with van der Waals surface area (Å²) in [6, 6.07) is 9.18. The van der Waals surface area contributed by atoms with Gasteiger partial charge in [0, 0.05) is 11.6 Å². The van der Waals surface area contributed by atoms with Crippen molar-refractivity contribution in [3.63, 3.8) is 0 Å². The van der Waals surface area contributed by atoms with Crippen LogP contribution in [0.4, 0.5) is 8.78 Å². The first kappa shape index (κ1) is 12.7. The average Bonchev–Trinajstić information content (AvgIpc) is 2.33. The summed E-state index contributed by atoms with van der Waals surface area (Å²) >= 11 is 0. The number of halogens is 2. The highest BCUT2D eigenvalue weighted by molar-refractivity contribution is 5.68. The van der Waals surface area contributed by atoms with E-state index >= 15 is 0 Å². The Kier molecular flexibility index (Phi) is 3.43. The zero-order valence-electron chi connectivity index (χ0n) is 10.4. The molecule has 0 heterocycles. The maximum absolute atomic E-state index is 13.9. The molecule has 2 aromatic carbocycles. The largest absolute Gasteiger partial charge is 0.324 e. The third kappa shape index (κ3) is 2.27. The lowest BCUT2D eigenvalue weighted by molar-refractivity contribution is 0.616. The zero-order valence-corrected chi connectivity index (χ0v) is 10.4. The van der Waals surface area contributed by atoms with E-state index in [0.717, 1.165) is 5.56 Å². The third-order valence-corrected chi connectivity index (χ3v) is 3.07. The van der Waals surface area contributed by atoms with Crippen LogP contribution in [0.2, 0.25) is 0 Å². The van der Waals surface area contributed by atoms with Gasteiger partial charge in [0.15, 0.2) is 0 Å². The molecule has 2 aromatic rings. The Bertz CT molecular complexity index is 577. The van der Waals surface area contributed by atoms with Crippen molar-refractivity contribution in [3.05, 3.63) is 59.2 Å². The first-order valence-electron chi connectivity index (χ1n) is 5.81. The van der Waals surface area contributed by atoms with Gasteiger partial charge in [-0.05, 0) is 48.7 Å². The number of rotatable bonds is 2. The number of hydrogen-bond acceptors (Lipinski definition) is 1. The van der Waals surface area contributed by atoms with Crippen LogP contribution in [0.1, 0.15) is 24.1 Å². The van der Waals surface area contributed by atoms with Crippen LogP contribution in [0, 0.1) is 18.6 Å².